The van der Waals surface area contributed by atoms with E-state index in [1.54, 1.807) is 21.3 Å². The van der Waals surface area contributed by atoms with Crippen LogP contribution in [0.25, 0.3) is 0 Å². The number of ether oxygens (including phenoxy) is 3. The lowest BCUT2D eigenvalue weighted by molar-refractivity contribution is -0.297. The van der Waals surface area contributed by atoms with Gasteiger partial charge in [0.2, 0.25) is 0 Å². The molecule has 5 aliphatic carbocycles. The van der Waals surface area contributed by atoms with Gasteiger partial charge in [-0.2, -0.15) is 0 Å². The number of fused-ring (bicyclic) bond motifs is 2. The molecule has 8 heteroatoms. The molecule has 6 aliphatic rings. The molecule has 0 aromatic carbocycles. The van der Waals surface area contributed by atoms with Crippen LogP contribution in [0.1, 0.15) is 26.2 Å². The Morgan fingerprint density at radius 3 is 2.38 bits per heavy atom. The first kappa shape index (κ1) is 22.2. The van der Waals surface area contributed by atoms with Crippen LogP contribution in [0, 0.1) is 40.4 Å². The van der Waals surface area contributed by atoms with Crippen LogP contribution in [-0.4, -0.2) is 109 Å². The normalized spacial score (nSPS) is 62.4. The number of rotatable bonds is 5. The van der Waals surface area contributed by atoms with E-state index in [0.717, 1.165) is 19.5 Å². The lowest BCUT2D eigenvalue weighted by atomic mass is 9.43. The molecule has 0 unspecified atom stereocenters. The fourth-order valence-electron chi connectivity index (χ4n) is 10.7. The van der Waals surface area contributed by atoms with Crippen molar-refractivity contribution in [2.75, 3.05) is 41.0 Å². The zero-order valence-corrected chi connectivity index (χ0v) is 19.6. The molecule has 182 valence electrons. The van der Waals surface area contributed by atoms with E-state index in [-0.39, 0.29) is 35.3 Å². The second kappa shape index (κ2) is 6.88. The minimum absolute atomic E-state index is 0.000250. The summed E-state index contributed by atoms with van der Waals surface area (Å²) in [7, 11) is 4.98. The van der Waals surface area contributed by atoms with E-state index >= 15 is 0 Å². The van der Waals surface area contributed by atoms with Gasteiger partial charge >= 0.3 is 0 Å². The molecule has 1 heterocycles. The highest BCUT2D eigenvalue weighted by Crippen LogP contribution is 2.79. The standard InChI is InChI=1S/C24H39NO7/c1-5-25-9-22(10-30-2)7-6-13(26)23-12-8-11-16(27)14(12)24(29,21(28)17(11)31-3)15(20(23)25)18(32-4)19(22)23/h11-21,26-29H,5-10H2,1-4H3/t11-,12+,13+,14+,15-,16-,17+,18-,19+,20+,21-,22-,23-,24+/m0/s1. The zero-order valence-electron chi connectivity index (χ0n) is 19.6. The second-order valence-electron chi connectivity index (χ2n) is 11.6. The average Bonchev–Trinajstić information content (AvgIpc) is 3.19. The highest BCUT2D eigenvalue weighted by Gasteiger charge is 2.87. The van der Waals surface area contributed by atoms with Gasteiger partial charge in [0, 0.05) is 68.4 Å². The fraction of sp³-hybridized carbons (Fsp3) is 1.00. The van der Waals surface area contributed by atoms with Gasteiger partial charge in [-0.05, 0) is 31.7 Å². The molecular weight excluding hydrogens is 414 g/mol. The van der Waals surface area contributed by atoms with Crippen molar-refractivity contribution < 1.29 is 34.6 Å². The molecule has 1 aliphatic heterocycles. The molecule has 7 bridgehead atoms. The Morgan fingerprint density at radius 1 is 1.03 bits per heavy atom. The molecule has 5 saturated carbocycles. The third-order valence-electron chi connectivity index (χ3n) is 11.2. The molecule has 6 rings (SSSR count). The first-order chi connectivity index (χ1) is 15.3. The third-order valence-corrected chi connectivity index (χ3v) is 11.2. The Morgan fingerprint density at radius 2 is 1.75 bits per heavy atom. The maximum Gasteiger partial charge on any atom is 0.110 e. The van der Waals surface area contributed by atoms with Crippen molar-refractivity contribution in [3.8, 4) is 0 Å². The topological polar surface area (TPSA) is 112 Å². The van der Waals surface area contributed by atoms with Crippen LogP contribution in [0.5, 0.6) is 0 Å². The highest BCUT2D eigenvalue weighted by molar-refractivity contribution is 5.36. The Balaban J connectivity index is 1.64. The number of methoxy groups -OCH3 is 3. The minimum Gasteiger partial charge on any atom is -0.392 e. The van der Waals surface area contributed by atoms with Gasteiger partial charge in [-0.3, -0.25) is 4.90 Å². The number of hydrogen-bond donors (Lipinski definition) is 4. The lowest BCUT2D eigenvalue weighted by Crippen LogP contribution is -2.78. The summed E-state index contributed by atoms with van der Waals surface area (Å²) in [6, 6.07) is -0.120. The van der Waals surface area contributed by atoms with Crippen molar-refractivity contribution in [2.24, 2.45) is 40.4 Å². The molecule has 1 saturated heterocycles. The summed E-state index contributed by atoms with van der Waals surface area (Å²) in [5.41, 5.74) is -2.24. The van der Waals surface area contributed by atoms with Crippen LogP contribution in [0.3, 0.4) is 0 Å². The summed E-state index contributed by atoms with van der Waals surface area (Å²) >= 11 is 0. The van der Waals surface area contributed by atoms with E-state index in [2.05, 4.69) is 11.8 Å². The number of aliphatic hydroxyl groups is 4. The monoisotopic (exact) mass is 453 g/mol. The number of nitrogens with zero attached hydrogens (tertiary/aromatic N) is 1. The molecule has 0 amide bonds. The Bertz CT molecular complexity index is 783. The smallest absolute Gasteiger partial charge is 0.110 e. The van der Waals surface area contributed by atoms with E-state index in [9.17, 15) is 20.4 Å². The van der Waals surface area contributed by atoms with Gasteiger partial charge in [0.05, 0.1) is 31.0 Å². The molecule has 4 N–H and O–H groups in total. The van der Waals surface area contributed by atoms with Crippen molar-refractivity contribution in [1.29, 1.82) is 0 Å². The molecule has 0 radical (unpaired) electrons. The maximum atomic E-state index is 12.5. The third kappa shape index (κ3) is 2.07. The van der Waals surface area contributed by atoms with Gasteiger partial charge in [-0.25, -0.2) is 0 Å². The van der Waals surface area contributed by atoms with Crippen molar-refractivity contribution in [3.05, 3.63) is 0 Å². The zero-order chi connectivity index (χ0) is 22.8. The first-order valence-corrected chi connectivity index (χ1v) is 12.3. The van der Waals surface area contributed by atoms with Crippen LogP contribution in [-0.2, 0) is 14.2 Å². The summed E-state index contributed by atoms with van der Waals surface area (Å²) in [5.74, 6) is -1.29. The lowest BCUT2D eigenvalue weighted by Gasteiger charge is -2.69. The average molecular weight is 454 g/mol. The van der Waals surface area contributed by atoms with Crippen molar-refractivity contribution in [2.45, 2.75) is 68.3 Å². The van der Waals surface area contributed by atoms with Crippen LogP contribution >= 0.6 is 0 Å². The van der Waals surface area contributed by atoms with E-state index in [1.165, 1.54) is 0 Å². The van der Waals surface area contributed by atoms with Gasteiger partial charge in [-0.1, -0.05) is 6.92 Å². The molecule has 0 aromatic rings. The molecule has 6 fully saturated rings. The van der Waals surface area contributed by atoms with Crippen molar-refractivity contribution >= 4 is 0 Å². The maximum absolute atomic E-state index is 12.5. The van der Waals surface area contributed by atoms with Crippen LogP contribution < -0.4 is 0 Å². The van der Waals surface area contributed by atoms with Crippen LogP contribution in [0.15, 0.2) is 0 Å². The molecule has 14 atom stereocenters. The number of likely N-dealkylation sites (tertiary alicyclic amines) is 1. The molecule has 1 spiro atoms. The van der Waals surface area contributed by atoms with E-state index in [4.69, 9.17) is 14.2 Å². The van der Waals surface area contributed by atoms with E-state index < -0.39 is 47.3 Å². The first-order valence-electron chi connectivity index (χ1n) is 12.3. The molecule has 32 heavy (non-hydrogen) atoms. The Kier molecular flexibility index (Phi) is 4.76. The highest BCUT2D eigenvalue weighted by atomic mass is 16.5. The predicted octanol–water partition coefficient (Wildman–Crippen LogP) is -0.527. The fourth-order valence-corrected chi connectivity index (χ4v) is 10.7. The van der Waals surface area contributed by atoms with Gasteiger partial charge in [0.25, 0.3) is 0 Å². The molecule has 8 nitrogen and oxygen atoms in total. The summed E-state index contributed by atoms with van der Waals surface area (Å²) in [6.45, 7) is 4.33. The van der Waals surface area contributed by atoms with Crippen LogP contribution in [0.2, 0.25) is 0 Å². The second-order valence-corrected chi connectivity index (χ2v) is 11.6. The number of hydrogen-bond acceptors (Lipinski definition) is 8. The Hall–Kier alpha value is -0.320. The van der Waals surface area contributed by atoms with Crippen molar-refractivity contribution in [1.82, 2.24) is 4.90 Å². The van der Waals surface area contributed by atoms with Gasteiger partial charge in [-0.15, -0.1) is 0 Å². The summed E-state index contributed by atoms with van der Waals surface area (Å²) in [6.07, 6.45) is -1.22. The predicted molar refractivity (Wildman–Crippen MR) is 114 cm³/mol. The summed E-state index contributed by atoms with van der Waals surface area (Å²) < 4.78 is 17.7. The van der Waals surface area contributed by atoms with Gasteiger partial charge in [0.1, 0.15) is 11.7 Å². The summed E-state index contributed by atoms with van der Waals surface area (Å²) in [5, 5.41) is 47.3. The number of aliphatic hydroxyl groups excluding tert-OH is 3. The minimum atomic E-state index is -1.54. The van der Waals surface area contributed by atoms with E-state index in [1.807, 2.05) is 0 Å². The largest absolute Gasteiger partial charge is 0.392 e. The summed E-state index contributed by atoms with van der Waals surface area (Å²) in [4.78, 5) is 2.42. The quantitative estimate of drug-likeness (QED) is 0.440. The SMILES string of the molecule is CCN1C[C@]2(COC)CC[C@@H](O)[C@@]34[C@@H]5C[C@H]6[C@H](O)[C@@H]5[C@@](O)([C@@H]([C@H](OC)[C@H]23)[C@@H]14)[C@@H](O)[C@@H]6OC. The van der Waals surface area contributed by atoms with Crippen molar-refractivity contribution in [3.63, 3.8) is 0 Å². The van der Waals surface area contributed by atoms with E-state index in [0.29, 0.717) is 19.4 Å². The van der Waals surface area contributed by atoms with Gasteiger partial charge < -0.3 is 34.6 Å². The molecular formula is C24H39NO7. The Labute approximate surface area is 189 Å². The molecule has 0 aromatic heterocycles. The number of piperidine rings is 1. The van der Waals surface area contributed by atoms with Crippen LogP contribution in [0.4, 0.5) is 0 Å². The van der Waals surface area contributed by atoms with Gasteiger partial charge in [0.15, 0.2) is 0 Å².